The summed E-state index contributed by atoms with van der Waals surface area (Å²) in [4.78, 5) is 10.6. The Hall–Kier alpha value is -1.42. The highest BCUT2D eigenvalue weighted by Gasteiger charge is 2.46. The van der Waals surface area contributed by atoms with Crippen LogP contribution in [-0.2, 0) is 5.54 Å². The van der Waals surface area contributed by atoms with Gasteiger partial charge in [-0.3, -0.25) is 10.1 Å². The minimum atomic E-state index is -0.299. The van der Waals surface area contributed by atoms with Gasteiger partial charge in [0, 0.05) is 6.07 Å². The summed E-state index contributed by atoms with van der Waals surface area (Å²) in [6, 6.07) is 5.30. The number of nitro groups is 1. The quantitative estimate of drug-likeness (QED) is 0.608. The van der Waals surface area contributed by atoms with Gasteiger partial charge in [-0.15, -0.1) is 0 Å². The van der Waals surface area contributed by atoms with Crippen molar-refractivity contribution >= 4 is 5.69 Å². The molecule has 1 N–H and O–H groups in total. The minimum absolute atomic E-state index is 0.144. The van der Waals surface area contributed by atoms with Gasteiger partial charge in [0.25, 0.3) is 5.69 Å². The monoisotopic (exact) mass is 206 g/mol. The SMILES string of the molecule is CNC1(c2cc(C)ccc2[N+](=O)[O-])CC1. The molecule has 1 aromatic carbocycles. The molecular weight excluding hydrogens is 192 g/mol. The lowest BCUT2D eigenvalue weighted by molar-refractivity contribution is -0.385. The number of hydrogen-bond acceptors (Lipinski definition) is 3. The van der Waals surface area contributed by atoms with Crippen molar-refractivity contribution in [2.75, 3.05) is 7.05 Å². The first-order valence-electron chi connectivity index (χ1n) is 5.03. The highest BCUT2D eigenvalue weighted by molar-refractivity contribution is 5.49. The van der Waals surface area contributed by atoms with Crippen molar-refractivity contribution in [3.05, 3.63) is 39.4 Å². The van der Waals surface area contributed by atoms with Crippen molar-refractivity contribution in [3.8, 4) is 0 Å². The second-order valence-electron chi connectivity index (χ2n) is 4.11. The Kier molecular flexibility index (Phi) is 2.23. The van der Waals surface area contributed by atoms with Crippen LogP contribution in [0.4, 0.5) is 5.69 Å². The van der Waals surface area contributed by atoms with Gasteiger partial charge in [0.15, 0.2) is 0 Å². The molecule has 0 saturated heterocycles. The van der Waals surface area contributed by atoms with Crippen molar-refractivity contribution in [1.82, 2.24) is 5.32 Å². The van der Waals surface area contributed by atoms with Crippen LogP contribution in [0.2, 0.25) is 0 Å². The molecule has 0 aromatic heterocycles. The zero-order valence-electron chi connectivity index (χ0n) is 8.91. The number of aryl methyl sites for hydroxylation is 1. The third-order valence-corrected chi connectivity index (χ3v) is 3.09. The van der Waals surface area contributed by atoms with E-state index in [1.807, 2.05) is 20.0 Å². The zero-order valence-corrected chi connectivity index (χ0v) is 8.91. The molecule has 4 heteroatoms. The molecule has 0 atom stereocenters. The molecular formula is C11H14N2O2. The molecule has 1 aliphatic rings. The summed E-state index contributed by atoms with van der Waals surface area (Å²) >= 11 is 0. The molecule has 0 spiro atoms. The Balaban J connectivity index is 2.53. The molecule has 1 saturated carbocycles. The number of nitro benzene ring substituents is 1. The fourth-order valence-corrected chi connectivity index (χ4v) is 1.97. The van der Waals surface area contributed by atoms with Gasteiger partial charge in [-0.2, -0.15) is 0 Å². The normalized spacial score (nSPS) is 17.5. The Morgan fingerprint density at radius 3 is 2.60 bits per heavy atom. The highest BCUT2D eigenvalue weighted by Crippen LogP contribution is 2.48. The molecule has 80 valence electrons. The third kappa shape index (κ3) is 1.61. The van der Waals surface area contributed by atoms with E-state index in [-0.39, 0.29) is 16.1 Å². The number of rotatable bonds is 3. The van der Waals surface area contributed by atoms with Gasteiger partial charge in [-0.1, -0.05) is 11.6 Å². The maximum Gasteiger partial charge on any atom is 0.274 e. The van der Waals surface area contributed by atoms with Gasteiger partial charge in [-0.25, -0.2) is 0 Å². The van der Waals surface area contributed by atoms with Crippen molar-refractivity contribution in [3.63, 3.8) is 0 Å². The highest BCUT2D eigenvalue weighted by atomic mass is 16.6. The predicted molar refractivity (Wildman–Crippen MR) is 57.8 cm³/mol. The Morgan fingerprint density at radius 2 is 2.13 bits per heavy atom. The lowest BCUT2D eigenvalue weighted by Crippen LogP contribution is -2.25. The van der Waals surface area contributed by atoms with E-state index in [4.69, 9.17) is 0 Å². The number of hydrogen-bond donors (Lipinski definition) is 1. The average molecular weight is 206 g/mol. The van der Waals surface area contributed by atoms with Crippen molar-refractivity contribution in [1.29, 1.82) is 0 Å². The first-order valence-corrected chi connectivity index (χ1v) is 5.03. The fraction of sp³-hybridized carbons (Fsp3) is 0.455. The molecule has 1 aromatic rings. The van der Waals surface area contributed by atoms with E-state index in [9.17, 15) is 10.1 Å². The van der Waals surface area contributed by atoms with Gasteiger partial charge in [-0.05, 0) is 32.9 Å². The van der Waals surface area contributed by atoms with Crippen LogP contribution >= 0.6 is 0 Å². The van der Waals surface area contributed by atoms with Gasteiger partial charge in [0.1, 0.15) is 0 Å². The first-order chi connectivity index (χ1) is 7.09. The van der Waals surface area contributed by atoms with Crippen molar-refractivity contribution < 1.29 is 4.92 Å². The summed E-state index contributed by atoms with van der Waals surface area (Å²) in [5, 5.41) is 14.1. The molecule has 0 aliphatic heterocycles. The van der Waals surface area contributed by atoms with Gasteiger partial charge < -0.3 is 5.32 Å². The second kappa shape index (κ2) is 3.31. The number of nitrogens with zero attached hydrogens (tertiary/aromatic N) is 1. The molecule has 0 bridgehead atoms. The molecule has 2 rings (SSSR count). The standard InChI is InChI=1S/C11H14N2O2/c1-8-3-4-10(13(14)15)9(7-8)11(12-2)5-6-11/h3-4,7,12H,5-6H2,1-2H3. The Bertz CT molecular complexity index is 411. The van der Waals surface area contributed by atoms with E-state index in [1.165, 1.54) is 0 Å². The number of benzene rings is 1. The summed E-state index contributed by atoms with van der Waals surface area (Å²) < 4.78 is 0. The predicted octanol–water partition coefficient (Wildman–Crippen LogP) is 2.11. The van der Waals surface area contributed by atoms with Crippen LogP contribution < -0.4 is 5.32 Å². The maximum atomic E-state index is 10.9. The molecule has 0 radical (unpaired) electrons. The smallest absolute Gasteiger partial charge is 0.274 e. The van der Waals surface area contributed by atoms with Crippen molar-refractivity contribution in [2.45, 2.75) is 25.3 Å². The topological polar surface area (TPSA) is 55.2 Å². The van der Waals surface area contributed by atoms with E-state index in [1.54, 1.807) is 12.1 Å². The average Bonchev–Trinajstić information content (AvgIpc) is 2.97. The van der Waals surface area contributed by atoms with Crippen LogP contribution in [0.25, 0.3) is 0 Å². The van der Waals surface area contributed by atoms with E-state index in [2.05, 4.69) is 5.32 Å². The van der Waals surface area contributed by atoms with E-state index in [0.29, 0.717) is 0 Å². The summed E-state index contributed by atoms with van der Waals surface area (Å²) in [6.07, 6.45) is 1.96. The molecule has 1 aliphatic carbocycles. The third-order valence-electron chi connectivity index (χ3n) is 3.09. The lowest BCUT2D eigenvalue weighted by atomic mass is 10.0. The van der Waals surface area contributed by atoms with Crippen LogP contribution in [0, 0.1) is 17.0 Å². The summed E-state index contributed by atoms with van der Waals surface area (Å²) in [6.45, 7) is 1.96. The molecule has 4 nitrogen and oxygen atoms in total. The summed E-state index contributed by atoms with van der Waals surface area (Å²) in [7, 11) is 1.86. The minimum Gasteiger partial charge on any atom is -0.310 e. The lowest BCUT2D eigenvalue weighted by Gasteiger charge is -2.15. The molecule has 0 heterocycles. The maximum absolute atomic E-state index is 10.9. The Labute approximate surface area is 88.5 Å². The fourth-order valence-electron chi connectivity index (χ4n) is 1.97. The molecule has 1 fully saturated rings. The van der Waals surface area contributed by atoms with Crippen LogP contribution in [0.1, 0.15) is 24.0 Å². The first kappa shape index (κ1) is 10.1. The Morgan fingerprint density at radius 1 is 1.47 bits per heavy atom. The van der Waals surface area contributed by atoms with Crippen molar-refractivity contribution in [2.24, 2.45) is 0 Å². The van der Waals surface area contributed by atoms with Crippen LogP contribution in [-0.4, -0.2) is 12.0 Å². The summed E-state index contributed by atoms with van der Waals surface area (Å²) in [5.41, 5.74) is 1.98. The largest absolute Gasteiger partial charge is 0.310 e. The van der Waals surface area contributed by atoms with E-state index < -0.39 is 0 Å². The van der Waals surface area contributed by atoms with Gasteiger partial charge in [0.2, 0.25) is 0 Å². The molecule has 15 heavy (non-hydrogen) atoms. The van der Waals surface area contributed by atoms with Crippen LogP contribution in [0.5, 0.6) is 0 Å². The second-order valence-corrected chi connectivity index (χ2v) is 4.11. The van der Waals surface area contributed by atoms with E-state index >= 15 is 0 Å². The van der Waals surface area contributed by atoms with Crippen LogP contribution in [0.3, 0.4) is 0 Å². The molecule has 0 amide bonds. The zero-order chi connectivity index (χ0) is 11.1. The summed E-state index contributed by atoms with van der Waals surface area (Å²) in [5.74, 6) is 0. The van der Waals surface area contributed by atoms with E-state index in [0.717, 1.165) is 24.0 Å². The molecule has 0 unspecified atom stereocenters. The van der Waals surface area contributed by atoms with Gasteiger partial charge >= 0.3 is 0 Å². The number of nitrogens with one attached hydrogen (secondary N) is 1. The van der Waals surface area contributed by atoms with Crippen LogP contribution in [0.15, 0.2) is 18.2 Å². The van der Waals surface area contributed by atoms with Gasteiger partial charge in [0.05, 0.1) is 16.0 Å².